The van der Waals surface area contributed by atoms with Gasteiger partial charge in [-0.2, -0.15) is 0 Å². The molecule has 0 aromatic heterocycles. The number of unbranched alkanes of at least 4 members (excludes halogenated alkanes) is 15. The Morgan fingerprint density at radius 3 is 1.77 bits per heavy atom. The molecule has 3 aromatic carbocycles. The summed E-state index contributed by atoms with van der Waals surface area (Å²) in [6.07, 6.45) is 20.9. The van der Waals surface area contributed by atoms with Crippen molar-refractivity contribution >= 4 is 41.1 Å². The number of Topliss-reactive ketones (excluding diaryl/α,β-unsaturated/α-hetero) is 1. The van der Waals surface area contributed by atoms with E-state index in [2.05, 4.69) is 12.2 Å². The quantitative estimate of drug-likeness (QED) is 0.0376. The molecule has 0 aliphatic heterocycles. The number of hydrogen-bond donors (Lipinski definition) is 1. The number of hydrogen-bond acceptors (Lipinski definition) is 8. The molecule has 0 aliphatic carbocycles. The molecule has 0 atom stereocenters. The maximum atomic E-state index is 12.8. The van der Waals surface area contributed by atoms with Crippen molar-refractivity contribution in [2.75, 3.05) is 26.1 Å². The molecule has 0 radical (unpaired) electrons. The molecule has 1 N–H and O–H groups in total. The van der Waals surface area contributed by atoms with E-state index in [4.69, 9.17) is 14.2 Å². The van der Waals surface area contributed by atoms with Gasteiger partial charge in [-0.25, -0.2) is 9.59 Å². The lowest BCUT2D eigenvalue weighted by Gasteiger charge is -2.12. The van der Waals surface area contributed by atoms with Crippen LogP contribution in [-0.4, -0.2) is 44.5 Å². The van der Waals surface area contributed by atoms with E-state index in [0.717, 1.165) is 12.8 Å². The predicted octanol–water partition coefficient (Wildman–Crippen LogP) is 11.3. The van der Waals surface area contributed by atoms with Crippen molar-refractivity contribution < 1.29 is 33.4 Å². The number of ether oxygens (including phenoxy) is 3. The van der Waals surface area contributed by atoms with Gasteiger partial charge in [-0.3, -0.25) is 9.59 Å². The molecule has 0 unspecified atom stereocenters. The maximum Gasteiger partial charge on any atom is 0.339 e. The van der Waals surface area contributed by atoms with Crippen molar-refractivity contribution in [3.63, 3.8) is 0 Å². The lowest BCUT2D eigenvalue weighted by atomic mass is 10.0. The molecule has 282 valence electrons. The average Bonchev–Trinajstić information content (AvgIpc) is 3.16. The third-order valence-corrected chi connectivity index (χ3v) is 9.98. The third kappa shape index (κ3) is 16.1. The average molecular weight is 732 g/mol. The molecule has 0 heterocycles. The van der Waals surface area contributed by atoms with Gasteiger partial charge in [-0.15, -0.1) is 0 Å². The van der Waals surface area contributed by atoms with E-state index in [1.165, 1.54) is 122 Å². The maximum absolute atomic E-state index is 12.8. The summed E-state index contributed by atoms with van der Waals surface area (Å²) in [5.41, 5.74) is 1.38. The fourth-order valence-corrected chi connectivity index (χ4v) is 6.90. The van der Waals surface area contributed by atoms with Gasteiger partial charge in [0.2, 0.25) is 5.91 Å². The van der Waals surface area contributed by atoms with E-state index >= 15 is 0 Å². The van der Waals surface area contributed by atoms with Gasteiger partial charge in [0.25, 0.3) is 0 Å². The molecule has 0 spiro atoms. The van der Waals surface area contributed by atoms with Crippen LogP contribution in [0.4, 0.5) is 5.69 Å². The van der Waals surface area contributed by atoms with Gasteiger partial charge >= 0.3 is 11.9 Å². The fraction of sp³-hybridized carbons (Fsp3) is 0.488. The first-order valence-corrected chi connectivity index (χ1v) is 19.8. The summed E-state index contributed by atoms with van der Waals surface area (Å²) in [6.45, 7) is 2.91. The standard InChI is InChI=1S/C43H57NO7S/c1-4-5-6-7-8-9-10-11-12-13-14-15-16-17-18-19-29-51-36-26-23-33(24-27-36)39(45)32-41(46)44-35-25-28-40(38(31-35)43(48)50-3)52-37-22-20-21-34(30-37)42(47)49-2/h20-28,30-31H,4-19,29,32H2,1-3H3,(H,44,46). The summed E-state index contributed by atoms with van der Waals surface area (Å²) < 4.78 is 15.6. The highest BCUT2D eigenvalue weighted by atomic mass is 32.2. The Kier molecular flexibility index (Phi) is 20.3. The highest BCUT2D eigenvalue weighted by Gasteiger charge is 2.18. The Balaban J connectivity index is 1.33. The summed E-state index contributed by atoms with van der Waals surface area (Å²) in [7, 11) is 2.59. The van der Waals surface area contributed by atoms with E-state index in [-0.39, 0.29) is 17.8 Å². The molecule has 1 amide bonds. The summed E-state index contributed by atoms with van der Waals surface area (Å²) in [5.74, 6) is -1.18. The number of anilines is 1. The van der Waals surface area contributed by atoms with E-state index in [9.17, 15) is 19.2 Å². The SMILES string of the molecule is CCCCCCCCCCCCCCCCCCOc1ccc(C(=O)CC(=O)Nc2ccc(Sc3cccc(C(=O)OC)c3)c(C(=O)OC)c2)cc1. The minimum atomic E-state index is -0.587. The minimum Gasteiger partial charge on any atom is -0.494 e. The van der Waals surface area contributed by atoms with Crippen molar-refractivity contribution in [3.8, 4) is 5.75 Å². The van der Waals surface area contributed by atoms with Gasteiger partial charge in [0.15, 0.2) is 5.78 Å². The molecule has 3 aromatic rings. The van der Waals surface area contributed by atoms with Crippen molar-refractivity contribution in [1.29, 1.82) is 0 Å². The Labute approximate surface area is 314 Å². The normalized spacial score (nSPS) is 10.8. The van der Waals surface area contributed by atoms with Gasteiger partial charge < -0.3 is 19.5 Å². The number of rotatable bonds is 26. The van der Waals surface area contributed by atoms with Crippen LogP contribution in [0.2, 0.25) is 0 Å². The summed E-state index contributed by atoms with van der Waals surface area (Å²) in [6, 6.07) is 18.5. The first-order valence-electron chi connectivity index (χ1n) is 19.0. The number of ketones is 1. The Morgan fingerprint density at radius 1 is 0.615 bits per heavy atom. The van der Waals surface area contributed by atoms with Crippen LogP contribution in [-0.2, 0) is 14.3 Å². The zero-order chi connectivity index (χ0) is 37.4. The van der Waals surface area contributed by atoms with E-state index in [1.807, 2.05) is 0 Å². The van der Waals surface area contributed by atoms with Gasteiger partial charge in [-0.05, 0) is 67.1 Å². The van der Waals surface area contributed by atoms with Crippen LogP contribution in [0.15, 0.2) is 76.5 Å². The zero-order valence-electron chi connectivity index (χ0n) is 31.3. The zero-order valence-corrected chi connectivity index (χ0v) is 32.2. The second kappa shape index (κ2) is 25.0. The molecule has 0 saturated heterocycles. The van der Waals surface area contributed by atoms with E-state index in [1.54, 1.807) is 60.7 Å². The number of carbonyl (C=O) groups is 4. The van der Waals surface area contributed by atoms with Crippen LogP contribution in [0.25, 0.3) is 0 Å². The topological polar surface area (TPSA) is 108 Å². The molecule has 52 heavy (non-hydrogen) atoms. The molecule has 3 rings (SSSR count). The molecular weight excluding hydrogens is 675 g/mol. The number of carbonyl (C=O) groups excluding carboxylic acids is 4. The largest absolute Gasteiger partial charge is 0.494 e. The number of nitrogens with one attached hydrogen (secondary N) is 1. The monoisotopic (exact) mass is 731 g/mol. The van der Waals surface area contributed by atoms with Gasteiger partial charge in [-0.1, -0.05) is 121 Å². The molecular formula is C43H57NO7S. The van der Waals surface area contributed by atoms with E-state index < -0.39 is 17.8 Å². The molecule has 8 nitrogen and oxygen atoms in total. The lowest BCUT2D eigenvalue weighted by Crippen LogP contribution is -2.17. The number of methoxy groups -OCH3 is 2. The van der Waals surface area contributed by atoms with Gasteiger partial charge in [0, 0.05) is 21.0 Å². The molecule has 0 saturated carbocycles. The molecule has 9 heteroatoms. The fourth-order valence-electron chi connectivity index (χ4n) is 5.93. The highest BCUT2D eigenvalue weighted by molar-refractivity contribution is 7.99. The number of amides is 1. The Hall–Kier alpha value is -4.11. The first kappa shape index (κ1) is 42.3. The second-order valence-corrected chi connectivity index (χ2v) is 14.3. The number of esters is 2. The van der Waals surface area contributed by atoms with Crippen LogP contribution < -0.4 is 10.1 Å². The smallest absolute Gasteiger partial charge is 0.339 e. The van der Waals surface area contributed by atoms with Crippen LogP contribution in [0, 0.1) is 0 Å². The van der Waals surface area contributed by atoms with Crippen LogP contribution >= 0.6 is 11.8 Å². The van der Waals surface area contributed by atoms with Crippen LogP contribution in [0.5, 0.6) is 5.75 Å². The third-order valence-electron chi connectivity index (χ3n) is 8.92. The van der Waals surface area contributed by atoms with Crippen molar-refractivity contribution in [2.24, 2.45) is 0 Å². The number of benzene rings is 3. The first-order chi connectivity index (χ1) is 25.3. The highest BCUT2D eigenvalue weighted by Crippen LogP contribution is 2.33. The predicted molar refractivity (Wildman–Crippen MR) is 209 cm³/mol. The minimum absolute atomic E-state index is 0.232. The molecule has 0 bridgehead atoms. The van der Waals surface area contributed by atoms with E-state index in [0.29, 0.717) is 39.0 Å². The van der Waals surface area contributed by atoms with Crippen LogP contribution in [0.3, 0.4) is 0 Å². The molecule has 0 aliphatic rings. The van der Waals surface area contributed by atoms with Gasteiger partial charge in [0.05, 0.1) is 38.4 Å². The Morgan fingerprint density at radius 2 is 1.19 bits per heavy atom. The summed E-state index contributed by atoms with van der Waals surface area (Å²) in [5, 5.41) is 2.71. The lowest BCUT2D eigenvalue weighted by molar-refractivity contribution is -0.115. The second-order valence-electron chi connectivity index (χ2n) is 13.1. The molecule has 0 fully saturated rings. The van der Waals surface area contributed by atoms with Crippen molar-refractivity contribution in [3.05, 3.63) is 83.4 Å². The summed E-state index contributed by atoms with van der Waals surface area (Å²) >= 11 is 1.27. The Bertz CT molecular complexity index is 1540. The van der Waals surface area contributed by atoms with Crippen molar-refractivity contribution in [2.45, 2.75) is 126 Å². The van der Waals surface area contributed by atoms with Crippen molar-refractivity contribution in [1.82, 2.24) is 0 Å². The summed E-state index contributed by atoms with van der Waals surface area (Å²) in [4.78, 5) is 51.4. The van der Waals surface area contributed by atoms with Crippen LogP contribution in [0.1, 0.15) is 147 Å². The van der Waals surface area contributed by atoms with Gasteiger partial charge in [0.1, 0.15) is 5.75 Å².